The van der Waals surface area contributed by atoms with Crippen molar-refractivity contribution in [1.29, 1.82) is 10.5 Å². The number of fused-ring (bicyclic) bond motifs is 1. The number of allylic oxidation sites excluding steroid dienone is 2. The third-order valence-corrected chi connectivity index (χ3v) is 3.55. The maximum atomic E-state index is 9.02. The molecule has 2 heteroatoms. The molecule has 2 nitrogen and oxygen atoms in total. The summed E-state index contributed by atoms with van der Waals surface area (Å²) in [6.07, 6.45) is 4.28. The lowest BCUT2D eigenvalue weighted by Crippen LogP contribution is -2.06. The van der Waals surface area contributed by atoms with Gasteiger partial charge in [0.05, 0.1) is 12.1 Å². The molecule has 0 amide bonds. The minimum atomic E-state index is -0.678. The van der Waals surface area contributed by atoms with Crippen LogP contribution in [-0.2, 0) is 0 Å². The van der Waals surface area contributed by atoms with E-state index in [0.717, 1.165) is 0 Å². The molecule has 0 aliphatic heterocycles. The predicted octanol–water partition coefficient (Wildman–Crippen LogP) is 2.11. The van der Waals surface area contributed by atoms with E-state index in [1.807, 2.05) is 0 Å². The zero-order chi connectivity index (χ0) is 9.64. The van der Waals surface area contributed by atoms with Gasteiger partial charge in [-0.1, -0.05) is 26.0 Å². The Morgan fingerprint density at radius 2 is 1.38 bits per heavy atom. The van der Waals surface area contributed by atoms with E-state index in [0.29, 0.717) is 11.8 Å². The van der Waals surface area contributed by atoms with Crippen molar-refractivity contribution in [1.82, 2.24) is 0 Å². The summed E-state index contributed by atoms with van der Waals surface area (Å²) < 4.78 is 0. The Morgan fingerprint density at radius 1 is 1.00 bits per heavy atom. The quantitative estimate of drug-likeness (QED) is 0.525. The molecule has 4 atom stereocenters. The molecule has 2 rings (SSSR count). The van der Waals surface area contributed by atoms with Crippen molar-refractivity contribution in [2.24, 2.45) is 29.1 Å². The van der Waals surface area contributed by atoms with Crippen molar-refractivity contribution in [2.45, 2.75) is 13.8 Å². The Kier molecular flexibility index (Phi) is 1.51. The van der Waals surface area contributed by atoms with E-state index in [4.69, 9.17) is 10.5 Å². The fourth-order valence-electron chi connectivity index (χ4n) is 2.84. The Labute approximate surface area is 78.5 Å². The fraction of sp³-hybridized carbons (Fsp3) is 0.636. The smallest absolute Gasteiger partial charge is 0.151 e. The summed E-state index contributed by atoms with van der Waals surface area (Å²) in [6.45, 7) is 4.19. The number of nitriles is 2. The summed E-state index contributed by atoms with van der Waals surface area (Å²) in [6, 6.07) is 4.41. The van der Waals surface area contributed by atoms with Gasteiger partial charge >= 0.3 is 0 Å². The van der Waals surface area contributed by atoms with E-state index in [1.165, 1.54) is 0 Å². The summed E-state index contributed by atoms with van der Waals surface area (Å²) >= 11 is 0. The molecule has 0 bridgehead atoms. The lowest BCUT2D eigenvalue weighted by molar-refractivity contribution is 0.473. The first kappa shape index (κ1) is 8.32. The number of hydrogen-bond acceptors (Lipinski definition) is 2. The Hall–Kier alpha value is -1.28. The molecular formula is C11H12N2. The molecule has 2 aliphatic rings. The van der Waals surface area contributed by atoms with Gasteiger partial charge in [0.25, 0.3) is 0 Å². The van der Waals surface area contributed by atoms with Crippen LogP contribution in [0.2, 0.25) is 0 Å². The van der Waals surface area contributed by atoms with Gasteiger partial charge in [-0.2, -0.15) is 10.5 Å². The van der Waals surface area contributed by atoms with Crippen molar-refractivity contribution in [3.8, 4) is 12.1 Å². The third kappa shape index (κ3) is 0.810. The number of rotatable bonds is 0. The predicted molar refractivity (Wildman–Crippen MR) is 48.1 cm³/mol. The molecule has 0 aromatic heterocycles. The van der Waals surface area contributed by atoms with Gasteiger partial charge in [0.15, 0.2) is 5.41 Å². The van der Waals surface area contributed by atoms with Crippen molar-refractivity contribution in [3.05, 3.63) is 12.2 Å². The molecule has 0 radical (unpaired) electrons. The van der Waals surface area contributed by atoms with Crippen LogP contribution in [0.1, 0.15) is 13.8 Å². The van der Waals surface area contributed by atoms with Crippen LogP contribution in [0.15, 0.2) is 12.2 Å². The highest BCUT2D eigenvalue weighted by atomic mass is 14.7. The summed E-state index contributed by atoms with van der Waals surface area (Å²) in [7, 11) is 0. The van der Waals surface area contributed by atoms with Gasteiger partial charge in [0.2, 0.25) is 0 Å². The van der Waals surface area contributed by atoms with Crippen LogP contribution in [0.4, 0.5) is 0 Å². The van der Waals surface area contributed by atoms with Gasteiger partial charge in [-0.3, -0.25) is 0 Å². The van der Waals surface area contributed by atoms with Crippen LogP contribution < -0.4 is 0 Å². The van der Waals surface area contributed by atoms with Crippen LogP contribution in [-0.4, -0.2) is 0 Å². The summed E-state index contributed by atoms with van der Waals surface area (Å²) in [4.78, 5) is 0. The molecule has 2 aliphatic carbocycles. The van der Waals surface area contributed by atoms with E-state index in [-0.39, 0.29) is 11.8 Å². The molecule has 0 heterocycles. The van der Waals surface area contributed by atoms with E-state index >= 15 is 0 Å². The number of nitrogens with zero attached hydrogens (tertiary/aromatic N) is 2. The lowest BCUT2D eigenvalue weighted by atomic mass is 9.91. The fourth-order valence-corrected chi connectivity index (χ4v) is 2.84. The van der Waals surface area contributed by atoms with E-state index in [9.17, 15) is 0 Å². The molecular weight excluding hydrogens is 160 g/mol. The molecule has 13 heavy (non-hydrogen) atoms. The Bertz CT molecular complexity index is 308. The Balaban J connectivity index is 2.36. The zero-order valence-corrected chi connectivity index (χ0v) is 7.86. The molecule has 4 unspecified atom stereocenters. The minimum Gasteiger partial charge on any atom is -0.197 e. The second-order valence-electron chi connectivity index (χ2n) is 4.25. The normalized spacial score (nSPS) is 44.3. The molecule has 0 aromatic rings. The van der Waals surface area contributed by atoms with Gasteiger partial charge in [-0.15, -0.1) is 0 Å². The van der Waals surface area contributed by atoms with Crippen molar-refractivity contribution in [2.75, 3.05) is 0 Å². The second kappa shape index (κ2) is 2.36. The highest BCUT2D eigenvalue weighted by molar-refractivity contribution is 5.37. The maximum absolute atomic E-state index is 9.02. The Morgan fingerprint density at radius 3 is 1.69 bits per heavy atom. The van der Waals surface area contributed by atoms with Crippen LogP contribution in [0, 0.1) is 51.7 Å². The monoisotopic (exact) mass is 172 g/mol. The molecule has 0 spiro atoms. The highest BCUT2D eigenvalue weighted by Gasteiger charge is 2.70. The van der Waals surface area contributed by atoms with Crippen LogP contribution >= 0.6 is 0 Å². The van der Waals surface area contributed by atoms with Crippen molar-refractivity contribution in [3.63, 3.8) is 0 Å². The van der Waals surface area contributed by atoms with Gasteiger partial charge in [-0.05, 0) is 11.8 Å². The summed E-state index contributed by atoms with van der Waals surface area (Å²) in [5, 5.41) is 18.0. The topological polar surface area (TPSA) is 47.6 Å². The first-order valence-electron chi connectivity index (χ1n) is 4.68. The van der Waals surface area contributed by atoms with E-state index < -0.39 is 5.41 Å². The van der Waals surface area contributed by atoms with Crippen LogP contribution in [0.25, 0.3) is 0 Å². The van der Waals surface area contributed by atoms with E-state index in [1.54, 1.807) is 0 Å². The first-order valence-corrected chi connectivity index (χ1v) is 4.68. The van der Waals surface area contributed by atoms with Gasteiger partial charge < -0.3 is 0 Å². The summed E-state index contributed by atoms with van der Waals surface area (Å²) in [5.74, 6) is 1.34. The lowest BCUT2D eigenvalue weighted by Gasteiger charge is -2.13. The standard InChI is InChI=1S/C11H12N2/c1-7-3-4-8(2)10-9(7)11(10,5-12)6-13/h3-4,7-10H,1-2H3. The van der Waals surface area contributed by atoms with Gasteiger partial charge in [0, 0.05) is 11.8 Å². The average Bonchev–Trinajstić information content (AvgIpc) is 2.83. The molecule has 0 N–H and O–H groups in total. The van der Waals surface area contributed by atoms with Crippen LogP contribution in [0.5, 0.6) is 0 Å². The molecule has 66 valence electrons. The molecule has 0 aromatic carbocycles. The minimum absolute atomic E-state index is 0.280. The maximum Gasteiger partial charge on any atom is 0.151 e. The summed E-state index contributed by atoms with van der Waals surface area (Å²) in [5.41, 5.74) is -0.678. The van der Waals surface area contributed by atoms with Crippen molar-refractivity contribution < 1.29 is 0 Å². The molecule has 1 fully saturated rings. The third-order valence-electron chi connectivity index (χ3n) is 3.55. The first-order chi connectivity index (χ1) is 6.17. The SMILES string of the molecule is CC1C=CC(C)C2C1C2(C#N)C#N. The zero-order valence-electron chi connectivity index (χ0n) is 7.86. The largest absolute Gasteiger partial charge is 0.197 e. The highest BCUT2D eigenvalue weighted by Crippen LogP contribution is 2.66. The van der Waals surface area contributed by atoms with Gasteiger partial charge in [0.1, 0.15) is 0 Å². The van der Waals surface area contributed by atoms with E-state index in [2.05, 4.69) is 38.1 Å². The van der Waals surface area contributed by atoms with Gasteiger partial charge in [-0.25, -0.2) is 0 Å². The number of hydrogen-bond donors (Lipinski definition) is 0. The molecule has 1 saturated carbocycles. The van der Waals surface area contributed by atoms with Crippen LogP contribution in [0.3, 0.4) is 0 Å². The molecule has 0 saturated heterocycles. The van der Waals surface area contributed by atoms with Crippen molar-refractivity contribution >= 4 is 0 Å². The average molecular weight is 172 g/mol. The second-order valence-corrected chi connectivity index (χ2v) is 4.25.